The fourth-order valence-electron chi connectivity index (χ4n) is 4.06. The van der Waals surface area contributed by atoms with Crippen molar-refractivity contribution in [2.45, 2.75) is 111 Å². The molecule has 0 aromatic carbocycles. The van der Waals surface area contributed by atoms with E-state index in [-0.39, 0.29) is 42.4 Å². The summed E-state index contributed by atoms with van der Waals surface area (Å²) in [4.78, 5) is 49.6. The SMILES string of the molecule is CCCCCCCCC(=O)N[C@@H](CC(C)C)C(=O)NC(CCC(=O)NC)C(C(N)=O)C(C)C. The first-order chi connectivity index (χ1) is 15.5. The molecule has 0 spiro atoms. The van der Waals surface area contributed by atoms with Gasteiger partial charge in [-0.25, -0.2) is 0 Å². The maximum atomic E-state index is 13.2. The van der Waals surface area contributed by atoms with Crippen LogP contribution in [0.25, 0.3) is 0 Å². The molecule has 5 N–H and O–H groups in total. The van der Waals surface area contributed by atoms with Crippen LogP contribution in [0.15, 0.2) is 0 Å². The molecule has 2 unspecified atom stereocenters. The molecule has 0 saturated carbocycles. The molecule has 0 bridgehead atoms. The van der Waals surface area contributed by atoms with Crippen LogP contribution >= 0.6 is 0 Å². The molecule has 8 nitrogen and oxygen atoms in total. The molecular formula is C25H48N4O4. The Labute approximate surface area is 200 Å². The van der Waals surface area contributed by atoms with Crippen molar-refractivity contribution in [3.05, 3.63) is 0 Å². The van der Waals surface area contributed by atoms with Crippen LogP contribution in [0.4, 0.5) is 0 Å². The van der Waals surface area contributed by atoms with E-state index in [0.717, 1.165) is 19.3 Å². The highest BCUT2D eigenvalue weighted by atomic mass is 16.2. The fraction of sp³-hybridized carbons (Fsp3) is 0.840. The van der Waals surface area contributed by atoms with Gasteiger partial charge < -0.3 is 21.7 Å². The third-order valence-corrected chi connectivity index (χ3v) is 5.89. The summed E-state index contributed by atoms with van der Waals surface area (Å²) in [6, 6.07) is -1.28. The molecule has 0 fully saturated rings. The zero-order valence-electron chi connectivity index (χ0n) is 21.7. The lowest BCUT2D eigenvalue weighted by Crippen LogP contribution is -2.54. The lowest BCUT2D eigenvalue weighted by Gasteiger charge is -2.30. The van der Waals surface area contributed by atoms with Gasteiger partial charge in [0.1, 0.15) is 6.04 Å². The van der Waals surface area contributed by atoms with Crippen LogP contribution in [0.1, 0.15) is 98.8 Å². The van der Waals surface area contributed by atoms with Crippen LogP contribution in [0.5, 0.6) is 0 Å². The molecule has 0 aliphatic heterocycles. The molecule has 0 aliphatic rings. The highest BCUT2D eigenvalue weighted by molar-refractivity contribution is 5.88. The minimum absolute atomic E-state index is 0.108. The topological polar surface area (TPSA) is 130 Å². The summed E-state index contributed by atoms with van der Waals surface area (Å²) in [7, 11) is 1.54. The Balaban J connectivity index is 5.19. The van der Waals surface area contributed by atoms with Crippen LogP contribution in [0, 0.1) is 17.8 Å². The van der Waals surface area contributed by atoms with Crippen molar-refractivity contribution in [1.29, 1.82) is 0 Å². The van der Waals surface area contributed by atoms with E-state index >= 15 is 0 Å². The summed E-state index contributed by atoms with van der Waals surface area (Å²) in [5.41, 5.74) is 5.63. The number of rotatable bonds is 18. The van der Waals surface area contributed by atoms with Gasteiger partial charge in [0.05, 0.1) is 5.92 Å². The van der Waals surface area contributed by atoms with Crippen LogP contribution in [-0.2, 0) is 19.2 Å². The summed E-state index contributed by atoms with van der Waals surface area (Å²) < 4.78 is 0. The Morgan fingerprint density at radius 3 is 1.94 bits per heavy atom. The van der Waals surface area contributed by atoms with E-state index in [9.17, 15) is 19.2 Å². The fourth-order valence-corrected chi connectivity index (χ4v) is 4.06. The molecule has 0 rings (SSSR count). The molecule has 33 heavy (non-hydrogen) atoms. The highest BCUT2D eigenvalue weighted by Gasteiger charge is 2.33. The van der Waals surface area contributed by atoms with Crippen LogP contribution in [0.2, 0.25) is 0 Å². The quantitative estimate of drug-likeness (QED) is 0.230. The molecule has 0 aliphatic carbocycles. The van der Waals surface area contributed by atoms with Crippen molar-refractivity contribution in [3.63, 3.8) is 0 Å². The maximum absolute atomic E-state index is 13.2. The Morgan fingerprint density at radius 2 is 1.42 bits per heavy atom. The number of hydrogen-bond donors (Lipinski definition) is 4. The van der Waals surface area contributed by atoms with E-state index < -0.39 is 23.9 Å². The predicted octanol–water partition coefficient (Wildman–Crippen LogP) is 3.04. The zero-order valence-corrected chi connectivity index (χ0v) is 21.7. The average Bonchev–Trinajstić information content (AvgIpc) is 2.72. The van der Waals surface area contributed by atoms with Gasteiger partial charge in [-0.2, -0.15) is 0 Å². The Morgan fingerprint density at radius 1 is 0.818 bits per heavy atom. The molecule has 0 radical (unpaired) electrons. The molecule has 0 saturated heterocycles. The normalized spacial score (nSPS) is 13.9. The third-order valence-electron chi connectivity index (χ3n) is 5.89. The smallest absolute Gasteiger partial charge is 0.242 e. The minimum Gasteiger partial charge on any atom is -0.369 e. The largest absolute Gasteiger partial charge is 0.369 e. The predicted molar refractivity (Wildman–Crippen MR) is 132 cm³/mol. The number of nitrogens with one attached hydrogen (secondary N) is 3. The second kappa shape index (κ2) is 17.4. The molecule has 0 aromatic heterocycles. The first-order valence-corrected chi connectivity index (χ1v) is 12.6. The number of carbonyl (C=O) groups is 4. The van der Waals surface area contributed by atoms with E-state index in [2.05, 4.69) is 22.9 Å². The first-order valence-electron chi connectivity index (χ1n) is 12.6. The summed E-state index contributed by atoms with van der Waals surface area (Å²) in [5, 5.41) is 8.37. The Kier molecular flexibility index (Phi) is 16.3. The maximum Gasteiger partial charge on any atom is 0.242 e. The Hall–Kier alpha value is -2.12. The summed E-state index contributed by atoms with van der Waals surface area (Å²) >= 11 is 0. The van der Waals surface area contributed by atoms with Crippen LogP contribution < -0.4 is 21.7 Å². The van der Waals surface area contributed by atoms with Crippen LogP contribution in [0.3, 0.4) is 0 Å². The number of carbonyl (C=O) groups excluding carboxylic acids is 4. The summed E-state index contributed by atoms with van der Waals surface area (Å²) in [6.07, 6.45) is 7.84. The summed E-state index contributed by atoms with van der Waals surface area (Å²) in [5.74, 6) is -1.69. The molecule has 4 amide bonds. The van der Waals surface area contributed by atoms with Gasteiger partial charge in [-0.1, -0.05) is 66.7 Å². The number of hydrogen-bond acceptors (Lipinski definition) is 4. The summed E-state index contributed by atoms with van der Waals surface area (Å²) in [6.45, 7) is 9.88. The van der Waals surface area contributed by atoms with E-state index in [4.69, 9.17) is 5.73 Å². The van der Waals surface area contributed by atoms with Crippen molar-refractivity contribution in [2.24, 2.45) is 23.5 Å². The van der Waals surface area contributed by atoms with Crippen molar-refractivity contribution >= 4 is 23.6 Å². The number of primary amides is 1. The molecule has 0 aromatic rings. The van der Waals surface area contributed by atoms with Gasteiger partial charge in [0.25, 0.3) is 0 Å². The minimum atomic E-state index is -0.694. The lowest BCUT2D eigenvalue weighted by atomic mass is 9.85. The second-order valence-corrected chi connectivity index (χ2v) is 9.77. The third kappa shape index (κ3) is 13.9. The lowest BCUT2D eigenvalue weighted by molar-refractivity contribution is -0.132. The van der Waals surface area contributed by atoms with Gasteiger partial charge in [-0.15, -0.1) is 0 Å². The van der Waals surface area contributed by atoms with Crippen molar-refractivity contribution in [2.75, 3.05) is 7.05 Å². The standard InChI is InChI=1S/C25H48N4O4/c1-7-8-9-10-11-12-13-22(31)28-20(16-17(2)3)25(33)29-19(14-15-21(30)27-6)23(18(4)5)24(26)32/h17-20,23H,7-16H2,1-6H3,(H2,26,32)(H,27,30)(H,28,31)(H,29,33)/t19?,20-,23?/m0/s1. The van der Waals surface area contributed by atoms with Crippen molar-refractivity contribution < 1.29 is 19.2 Å². The monoisotopic (exact) mass is 468 g/mol. The molecule has 8 heteroatoms. The van der Waals surface area contributed by atoms with Crippen molar-refractivity contribution in [3.8, 4) is 0 Å². The molecule has 192 valence electrons. The highest BCUT2D eigenvalue weighted by Crippen LogP contribution is 2.20. The van der Waals surface area contributed by atoms with E-state index in [1.165, 1.54) is 19.3 Å². The number of unbranched alkanes of at least 4 members (excludes halogenated alkanes) is 5. The average molecular weight is 469 g/mol. The van der Waals surface area contributed by atoms with Crippen molar-refractivity contribution in [1.82, 2.24) is 16.0 Å². The van der Waals surface area contributed by atoms with E-state index in [0.29, 0.717) is 12.8 Å². The molecule has 0 heterocycles. The first kappa shape index (κ1) is 30.9. The Bertz CT molecular complexity index is 607. The molecule has 3 atom stereocenters. The van der Waals surface area contributed by atoms with Gasteiger partial charge in [0, 0.05) is 25.9 Å². The zero-order chi connectivity index (χ0) is 25.4. The van der Waals surface area contributed by atoms with Gasteiger partial charge >= 0.3 is 0 Å². The number of nitrogens with two attached hydrogens (primary N) is 1. The van der Waals surface area contributed by atoms with Gasteiger partial charge in [-0.3, -0.25) is 19.2 Å². The molecular weight excluding hydrogens is 420 g/mol. The number of amides is 4. The van der Waals surface area contributed by atoms with E-state index in [1.54, 1.807) is 7.05 Å². The second-order valence-electron chi connectivity index (χ2n) is 9.77. The van der Waals surface area contributed by atoms with Crippen LogP contribution in [-0.4, -0.2) is 42.8 Å². The van der Waals surface area contributed by atoms with E-state index in [1.807, 2.05) is 27.7 Å². The van der Waals surface area contributed by atoms with Gasteiger partial charge in [0.2, 0.25) is 23.6 Å². The van der Waals surface area contributed by atoms with Gasteiger partial charge in [0.15, 0.2) is 0 Å². The van der Waals surface area contributed by atoms with Gasteiger partial charge in [-0.05, 0) is 31.1 Å².